The highest BCUT2D eigenvalue weighted by Crippen LogP contribution is 2.57. The second kappa shape index (κ2) is 6.97. The highest BCUT2D eigenvalue weighted by molar-refractivity contribution is 6.05. The number of anilines is 2. The van der Waals surface area contributed by atoms with Crippen LogP contribution in [-0.4, -0.2) is 23.9 Å². The highest BCUT2D eigenvalue weighted by Gasteiger charge is 2.63. The molecule has 2 aliphatic carbocycles. The van der Waals surface area contributed by atoms with Crippen molar-refractivity contribution in [3.63, 3.8) is 0 Å². The molecule has 0 spiro atoms. The predicted molar refractivity (Wildman–Crippen MR) is 112 cm³/mol. The lowest BCUT2D eigenvalue weighted by molar-refractivity contribution is -0.145. The second-order valence-corrected chi connectivity index (χ2v) is 8.82. The van der Waals surface area contributed by atoms with E-state index in [0.717, 1.165) is 29.7 Å². The molecule has 5 rings (SSSR count). The summed E-state index contributed by atoms with van der Waals surface area (Å²) in [6.45, 7) is 3.97. The van der Waals surface area contributed by atoms with Gasteiger partial charge in [0.1, 0.15) is 6.10 Å². The molecule has 2 bridgehead atoms. The Hall–Kier alpha value is -3.15. The molecule has 2 aromatic carbocycles. The molecule has 3 fully saturated rings. The number of hydrogen-bond acceptors (Lipinski definition) is 4. The normalized spacial score (nSPS) is 28.3. The topological polar surface area (TPSA) is 84.5 Å². The van der Waals surface area contributed by atoms with Gasteiger partial charge >= 0.3 is 5.97 Å². The lowest BCUT2D eigenvalue weighted by Gasteiger charge is -2.23. The minimum atomic E-state index is -0.339. The summed E-state index contributed by atoms with van der Waals surface area (Å²) in [5, 5.41) is 5.83. The van der Waals surface area contributed by atoms with E-state index < -0.39 is 0 Å². The third-order valence-corrected chi connectivity index (χ3v) is 6.66. The Balaban J connectivity index is 1.30. The zero-order valence-electron chi connectivity index (χ0n) is 17.0. The minimum absolute atomic E-state index is 0.00818. The van der Waals surface area contributed by atoms with Crippen LogP contribution in [0.5, 0.6) is 0 Å². The van der Waals surface area contributed by atoms with E-state index in [1.54, 1.807) is 24.3 Å². The molecular formula is C24H24N2O4. The molecule has 2 saturated carbocycles. The van der Waals surface area contributed by atoms with E-state index in [4.69, 9.17) is 4.74 Å². The van der Waals surface area contributed by atoms with Gasteiger partial charge in [0.2, 0.25) is 5.91 Å². The fourth-order valence-electron chi connectivity index (χ4n) is 5.58. The van der Waals surface area contributed by atoms with Gasteiger partial charge in [-0.3, -0.25) is 14.4 Å². The maximum atomic E-state index is 13.0. The van der Waals surface area contributed by atoms with E-state index >= 15 is 0 Å². The first-order chi connectivity index (χ1) is 14.4. The standard InChI is InChI=1S/C24H24N2O4/c1-12-6-13(2)8-17(7-12)26-22(27)14-4-3-5-16(9-14)25-23(28)20-15-10-18-19(11-15)30-24(29)21(18)20/h3-9,15,18-21H,10-11H2,1-2H3,(H,25,28)(H,26,27). The number of amides is 2. The molecule has 0 aromatic heterocycles. The van der Waals surface area contributed by atoms with E-state index in [0.29, 0.717) is 11.3 Å². The third-order valence-electron chi connectivity index (χ3n) is 6.66. The number of aryl methyl sites for hydroxylation is 2. The average molecular weight is 404 g/mol. The number of carbonyl (C=O) groups excluding carboxylic acids is 3. The van der Waals surface area contributed by atoms with Gasteiger partial charge in [-0.2, -0.15) is 0 Å². The molecule has 1 heterocycles. The van der Waals surface area contributed by atoms with Crippen LogP contribution in [-0.2, 0) is 14.3 Å². The number of carbonyl (C=O) groups is 3. The number of rotatable bonds is 4. The first-order valence-electron chi connectivity index (χ1n) is 10.4. The molecule has 6 nitrogen and oxygen atoms in total. The smallest absolute Gasteiger partial charge is 0.310 e. The number of nitrogens with one attached hydrogen (secondary N) is 2. The van der Waals surface area contributed by atoms with E-state index in [-0.39, 0.29) is 47.6 Å². The van der Waals surface area contributed by atoms with Crippen molar-refractivity contribution < 1.29 is 19.1 Å². The Morgan fingerprint density at radius 1 is 0.967 bits per heavy atom. The summed E-state index contributed by atoms with van der Waals surface area (Å²) in [6.07, 6.45) is 1.68. The SMILES string of the molecule is Cc1cc(C)cc(NC(=O)c2cccc(NC(=O)C3C4CC5OC(=O)C3C5C4)c2)c1. The van der Waals surface area contributed by atoms with Gasteiger partial charge in [-0.05, 0) is 74.1 Å². The van der Waals surface area contributed by atoms with Gasteiger partial charge in [0, 0.05) is 22.9 Å². The van der Waals surface area contributed by atoms with E-state index in [1.807, 2.05) is 32.0 Å². The molecule has 30 heavy (non-hydrogen) atoms. The van der Waals surface area contributed by atoms with Crippen molar-refractivity contribution in [1.82, 2.24) is 0 Å². The van der Waals surface area contributed by atoms with Crippen LogP contribution in [0.3, 0.4) is 0 Å². The third kappa shape index (κ3) is 3.16. The lowest BCUT2D eigenvalue weighted by Crippen LogP contribution is -2.35. The monoisotopic (exact) mass is 404 g/mol. The number of ether oxygens (including phenoxy) is 1. The number of benzene rings is 2. The molecule has 5 unspecified atom stereocenters. The zero-order valence-corrected chi connectivity index (χ0v) is 17.0. The van der Waals surface area contributed by atoms with E-state index in [1.165, 1.54) is 0 Å². The van der Waals surface area contributed by atoms with Crippen molar-refractivity contribution in [1.29, 1.82) is 0 Å². The molecule has 6 heteroatoms. The quantitative estimate of drug-likeness (QED) is 0.761. The molecule has 5 atom stereocenters. The summed E-state index contributed by atoms with van der Waals surface area (Å²) in [6, 6.07) is 12.8. The summed E-state index contributed by atoms with van der Waals surface area (Å²) < 4.78 is 5.42. The van der Waals surface area contributed by atoms with Crippen molar-refractivity contribution in [2.45, 2.75) is 32.8 Å². The van der Waals surface area contributed by atoms with Crippen LogP contribution in [0.1, 0.15) is 34.3 Å². The van der Waals surface area contributed by atoms with Crippen molar-refractivity contribution >= 4 is 29.2 Å². The molecule has 154 valence electrons. The van der Waals surface area contributed by atoms with Crippen LogP contribution in [0.15, 0.2) is 42.5 Å². The summed E-state index contributed by atoms with van der Waals surface area (Å²) in [5.41, 5.74) is 3.90. The van der Waals surface area contributed by atoms with Gasteiger partial charge in [0.15, 0.2) is 0 Å². The Morgan fingerprint density at radius 2 is 1.73 bits per heavy atom. The van der Waals surface area contributed by atoms with Crippen molar-refractivity contribution in [2.75, 3.05) is 10.6 Å². The average Bonchev–Trinajstić information content (AvgIpc) is 3.30. The number of fused-ring (bicyclic) bond motifs is 1. The fourth-order valence-corrected chi connectivity index (χ4v) is 5.58. The molecule has 2 aromatic rings. The minimum Gasteiger partial charge on any atom is -0.462 e. The Labute approximate surface area is 175 Å². The van der Waals surface area contributed by atoms with Gasteiger partial charge in [-0.15, -0.1) is 0 Å². The molecule has 2 amide bonds. The first-order valence-corrected chi connectivity index (χ1v) is 10.4. The largest absolute Gasteiger partial charge is 0.462 e. The van der Waals surface area contributed by atoms with E-state index in [9.17, 15) is 14.4 Å². The maximum absolute atomic E-state index is 13.0. The van der Waals surface area contributed by atoms with Gasteiger partial charge < -0.3 is 15.4 Å². The van der Waals surface area contributed by atoms with Gasteiger partial charge in [-0.25, -0.2) is 0 Å². The lowest BCUT2D eigenvalue weighted by atomic mass is 9.79. The van der Waals surface area contributed by atoms with Crippen LogP contribution >= 0.6 is 0 Å². The molecule has 2 N–H and O–H groups in total. The van der Waals surface area contributed by atoms with Crippen LogP contribution in [0, 0.1) is 37.5 Å². The predicted octanol–water partition coefficient (Wildman–Crippen LogP) is 3.69. The first kappa shape index (κ1) is 18.9. The Kier molecular flexibility index (Phi) is 4.38. The number of esters is 1. The van der Waals surface area contributed by atoms with Crippen molar-refractivity contribution in [3.05, 3.63) is 59.2 Å². The molecule has 1 saturated heterocycles. The molecular weight excluding hydrogens is 380 g/mol. The zero-order chi connectivity index (χ0) is 21.0. The van der Waals surface area contributed by atoms with Crippen molar-refractivity contribution in [2.24, 2.45) is 23.7 Å². The molecule has 1 aliphatic heterocycles. The van der Waals surface area contributed by atoms with Crippen LogP contribution in [0.4, 0.5) is 11.4 Å². The van der Waals surface area contributed by atoms with Crippen molar-refractivity contribution in [3.8, 4) is 0 Å². The Morgan fingerprint density at radius 3 is 2.50 bits per heavy atom. The highest BCUT2D eigenvalue weighted by atomic mass is 16.6. The summed E-state index contributed by atoms with van der Waals surface area (Å²) in [7, 11) is 0. The van der Waals surface area contributed by atoms with Crippen LogP contribution < -0.4 is 10.6 Å². The fraction of sp³-hybridized carbons (Fsp3) is 0.375. The summed E-state index contributed by atoms with van der Waals surface area (Å²) in [4.78, 5) is 37.8. The van der Waals surface area contributed by atoms with Crippen LogP contribution in [0.25, 0.3) is 0 Å². The molecule has 0 radical (unpaired) electrons. The summed E-state index contributed by atoms with van der Waals surface area (Å²) >= 11 is 0. The molecule has 3 aliphatic rings. The van der Waals surface area contributed by atoms with E-state index in [2.05, 4.69) is 10.6 Å². The summed E-state index contributed by atoms with van der Waals surface area (Å²) in [5.74, 6) is -0.888. The number of hydrogen-bond donors (Lipinski definition) is 2. The van der Waals surface area contributed by atoms with Gasteiger partial charge in [0.05, 0.1) is 11.8 Å². The van der Waals surface area contributed by atoms with Gasteiger partial charge in [0.25, 0.3) is 5.91 Å². The Bertz CT molecular complexity index is 1040. The van der Waals surface area contributed by atoms with Crippen LogP contribution in [0.2, 0.25) is 0 Å². The second-order valence-electron chi connectivity index (χ2n) is 8.82. The maximum Gasteiger partial charge on any atom is 0.310 e. The van der Waals surface area contributed by atoms with Gasteiger partial charge in [-0.1, -0.05) is 12.1 Å².